The summed E-state index contributed by atoms with van der Waals surface area (Å²) in [7, 11) is -1.63. The Morgan fingerprint density at radius 1 is 1.20 bits per heavy atom. The fraction of sp³-hybridized carbons (Fsp3) is 0.632. The van der Waals surface area contributed by atoms with E-state index in [2.05, 4.69) is 38.4 Å². The highest BCUT2D eigenvalue weighted by Crippen LogP contribution is 2.46. The van der Waals surface area contributed by atoms with Crippen LogP contribution in [0.15, 0.2) is 58.2 Å². The summed E-state index contributed by atoms with van der Waals surface area (Å²) in [6, 6.07) is 6.15. The number of aryl methyl sites for hydroxylation is 1. The van der Waals surface area contributed by atoms with Gasteiger partial charge in [-0.05, 0) is 79.9 Å². The Morgan fingerprint density at radius 3 is 2.88 bits per heavy atom. The van der Waals surface area contributed by atoms with Crippen LogP contribution in [0, 0.1) is 17.8 Å². The van der Waals surface area contributed by atoms with Crippen molar-refractivity contribution in [3.05, 3.63) is 70.0 Å². The second kappa shape index (κ2) is 15.4. The molecule has 3 aliphatic carbocycles. The number of carbonyl (C=O) groups is 2. The number of morpholine rings is 1. The molecule has 11 heteroatoms. The highest BCUT2D eigenvalue weighted by molar-refractivity contribution is 7.75. The fourth-order valence-electron chi connectivity index (χ4n) is 8.65. The number of fused-ring (bicyclic) bond motifs is 4. The molecule has 49 heavy (non-hydrogen) atoms. The monoisotopic (exact) mass is 710 g/mol. The van der Waals surface area contributed by atoms with Crippen LogP contribution in [0.4, 0.5) is 0 Å². The van der Waals surface area contributed by atoms with Gasteiger partial charge in [-0.2, -0.15) is 10.6 Å². The zero-order valence-corrected chi connectivity index (χ0v) is 30.1. The second-order valence-electron chi connectivity index (χ2n) is 14.9. The summed E-state index contributed by atoms with van der Waals surface area (Å²) < 4.78 is 35.6. The molecular weight excluding hydrogens is 662 g/mol. The molecule has 7 rings (SSSR count). The summed E-state index contributed by atoms with van der Waals surface area (Å²) >= 11 is 6.46. The first-order chi connectivity index (χ1) is 23.8. The minimum Gasteiger partial charge on any atom is -0.495 e. The lowest BCUT2D eigenvalue weighted by Crippen LogP contribution is -2.52. The van der Waals surface area contributed by atoms with E-state index in [4.69, 9.17) is 25.8 Å². The number of amides is 1. The van der Waals surface area contributed by atoms with Gasteiger partial charge in [-0.15, -0.1) is 0 Å². The second-order valence-corrected chi connectivity index (χ2v) is 16.5. The molecule has 3 aliphatic heterocycles. The van der Waals surface area contributed by atoms with E-state index in [9.17, 15) is 13.8 Å². The van der Waals surface area contributed by atoms with Crippen molar-refractivity contribution in [3.63, 3.8) is 0 Å². The van der Waals surface area contributed by atoms with Crippen molar-refractivity contribution in [2.45, 2.75) is 75.9 Å². The molecule has 6 atom stereocenters. The molecule has 1 spiro atoms. The lowest BCUT2D eigenvalue weighted by Gasteiger charge is -2.46. The van der Waals surface area contributed by atoms with Gasteiger partial charge in [0.05, 0.1) is 32.3 Å². The Balaban J connectivity index is 1.18. The van der Waals surface area contributed by atoms with Gasteiger partial charge in [0.2, 0.25) is 5.91 Å². The summed E-state index contributed by atoms with van der Waals surface area (Å²) in [5.41, 5.74) is 2.95. The molecule has 6 aliphatic rings. The van der Waals surface area contributed by atoms with E-state index in [1.54, 1.807) is 0 Å². The van der Waals surface area contributed by atoms with Gasteiger partial charge >= 0.3 is 5.97 Å². The number of benzene rings is 1. The minimum atomic E-state index is -1.63. The molecule has 9 nitrogen and oxygen atoms in total. The number of allylic oxidation sites excluding steroid dienone is 3. The minimum absolute atomic E-state index is 0.0541. The number of carbonyl (C=O) groups excluding carboxylic acids is 2. The van der Waals surface area contributed by atoms with Crippen LogP contribution in [0.3, 0.4) is 0 Å². The van der Waals surface area contributed by atoms with Crippen LogP contribution in [0.2, 0.25) is 5.02 Å². The van der Waals surface area contributed by atoms with Crippen molar-refractivity contribution in [3.8, 4) is 0 Å². The number of esters is 1. The van der Waals surface area contributed by atoms with Gasteiger partial charge in [-0.25, -0.2) is 0 Å². The number of hydrogen-bond donors (Lipinski definition) is 0. The average Bonchev–Trinajstić information content (AvgIpc) is 3.22. The van der Waals surface area contributed by atoms with Gasteiger partial charge in [0, 0.05) is 61.1 Å². The third kappa shape index (κ3) is 8.04. The largest absolute Gasteiger partial charge is 0.495 e. The third-order valence-corrected chi connectivity index (χ3v) is 13.0. The lowest BCUT2D eigenvalue weighted by molar-refractivity contribution is -0.153. The molecule has 2 bridgehead atoms. The van der Waals surface area contributed by atoms with E-state index in [1.165, 1.54) is 11.1 Å². The number of ether oxygens (including phenoxy) is 3. The van der Waals surface area contributed by atoms with E-state index < -0.39 is 16.5 Å². The Bertz CT molecular complexity index is 1600. The first kappa shape index (κ1) is 34.9. The Hall–Kier alpha value is -2.50. The van der Waals surface area contributed by atoms with Crippen molar-refractivity contribution in [1.82, 2.24) is 9.80 Å². The molecule has 1 aromatic carbocycles. The Labute approximate surface area is 297 Å². The molecule has 266 valence electrons. The van der Waals surface area contributed by atoms with E-state index in [1.807, 2.05) is 25.1 Å². The smallest absolute Gasteiger partial charge is 0.307 e. The summed E-state index contributed by atoms with van der Waals surface area (Å²) in [6.45, 7) is 7.92. The fourth-order valence-corrected chi connectivity index (χ4v) is 9.84. The highest BCUT2D eigenvalue weighted by Gasteiger charge is 2.47. The topological polar surface area (TPSA) is 97.7 Å². The van der Waals surface area contributed by atoms with Gasteiger partial charge in [0.25, 0.3) is 0 Å². The van der Waals surface area contributed by atoms with Crippen LogP contribution in [0.1, 0.15) is 63.0 Å². The molecule has 3 fully saturated rings. The van der Waals surface area contributed by atoms with Crippen molar-refractivity contribution in [2.24, 2.45) is 22.1 Å². The van der Waals surface area contributed by atoms with Gasteiger partial charge in [-0.3, -0.25) is 19.4 Å². The standard InChI is InChI=1S/C38H49ClN3O6S/c1-26-4-2-6-34(48-36(43)13-15-41-16-18-46-19-17-41)31-10-7-29(31)22-42-24-38(14-3-5-27-20-30(39)9-11-32(27)38)25-47-35-12-8-28(21-33(35)42)37(44)40-49(45)23-26/h2,6,8-9,11-12,20,26,29,31,33-34H,3-5,7,10,13-19,21-25H2,1H3/q-1/b6-2+/t26-,29-,31+,33?,34-,38-/m0/s1. The first-order valence-corrected chi connectivity index (χ1v) is 19.8. The third-order valence-electron chi connectivity index (χ3n) is 11.5. The predicted octanol–water partition coefficient (Wildman–Crippen LogP) is 5.76. The van der Waals surface area contributed by atoms with E-state index in [0.29, 0.717) is 62.9 Å². The number of nitrogens with zero attached hydrogens (tertiary/aromatic N) is 3. The van der Waals surface area contributed by atoms with Crippen LogP contribution in [0.25, 0.3) is 0 Å². The average molecular weight is 711 g/mol. The summed E-state index contributed by atoms with van der Waals surface area (Å²) in [6.07, 6.45) is 14.1. The van der Waals surface area contributed by atoms with Gasteiger partial charge in [-0.1, -0.05) is 48.4 Å². The first-order valence-electron chi connectivity index (χ1n) is 18.1. The predicted molar refractivity (Wildman–Crippen MR) is 189 cm³/mol. The van der Waals surface area contributed by atoms with Crippen LogP contribution in [-0.2, 0) is 50.4 Å². The molecule has 2 saturated heterocycles. The van der Waals surface area contributed by atoms with Gasteiger partial charge < -0.3 is 22.8 Å². The summed E-state index contributed by atoms with van der Waals surface area (Å²) in [5, 5.41) is 0.755. The van der Waals surface area contributed by atoms with Gasteiger partial charge in [0.15, 0.2) is 0 Å². The molecule has 1 amide bonds. The molecule has 0 N–H and O–H groups in total. The normalized spacial score (nSPS) is 33.8. The van der Waals surface area contributed by atoms with Crippen molar-refractivity contribution < 1.29 is 28.0 Å². The molecular formula is C38H49ClN3O6S-. The quantitative estimate of drug-likeness (QED) is 0.221. The van der Waals surface area contributed by atoms with Crippen molar-refractivity contribution >= 4 is 34.1 Å². The molecule has 1 unspecified atom stereocenters. The maximum atomic E-state index is 13.4. The zero-order chi connectivity index (χ0) is 34.0. The maximum absolute atomic E-state index is 13.4. The Morgan fingerprint density at radius 2 is 2.06 bits per heavy atom. The Kier molecular flexibility index (Phi) is 11.0. The molecule has 3 heterocycles. The summed E-state index contributed by atoms with van der Waals surface area (Å²) in [4.78, 5) is 31.4. The zero-order valence-electron chi connectivity index (χ0n) is 28.5. The summed E-state index contributed by atoms with van der Waals surface area (Å²) in [5.74, 6) is 1.17. The highest BCUT2D eigenvalue weighted by atomic mass is 35.5. The van der Waals surface area contributed by atoms with Crippen molar-refractivity contribution in [1.29, 1.82) is 0 Å². The molecule has 0 aromatic heterocycles. The van der Waals surface area contributed by atoms with Gasteiger partial charge in [0.1, 0.15) is 11.9 Å². The number of halogens is 1. The SMILES string of the molecule is C[C@H]1C/C=C/[C@H](OC(=O)CCN2CCOCC2)[C@@H]2CC[C@H]2CN2C[C@@]3(CCCc4cc(Cl)ccc43)COC3=CC=C(CC32)C(=O)N=[S-](=O)C1. The van der Waals surface area contributed by atoms with E-state index in [0.717, 1.165) is 69.1 Å². The lowest BCUT2D eigenvalue weighted by atomic mass is 9.68. The van der Waals surface area contributed by atoms with Crippen LogP contribution >= 0.6 is 11.6 Å². The maximum Gasteiger partial charge on any atom is 0.307 e. The van der Waals surface area contributed by atoms with E-state index >= 15 is 0 Å². The van der Waals surface area contributed by atoms with E-state index in [-0.39, 0.29) is 35.4 Å². The van der Waals surface area contributed by atoms with Crippen LogP contribution in [0.5, 0.6) is 0 Å². The number of hydrogen-bond acceptors (Lipinski definition) is 9. The molecule has 1 saturated carbocycles. The van der Waals surface area contributed by atoms with Crippen LogP contribution in [-0.4, -0.2) is 92.1 Å². The number of rotatable bonds is 4. The van der Waals surface area contributed by atoms with Crippen LogP contribution < -0.4 is 0 Å². The van der Waals surface area contributed by atoms with Crippen molar-refractivity contribution in [2.75, 3.05) is 58.3 Å². The molecule has 0 radical (unpaired) electrons. The molecule has 1 aromatic rings.